The van der Waals surface area contributed by atoms with Crippen molar-refractivity contribution in [3.05, 3.63) is 71.3 Å². The van der Waals surface area contributed by atoms with Gasteiger partial charge in [0, 0.05) is 31.8 Å². The first-order valence-corrected chi connectivity index (χ1v) is 8.85. The van der Waals surface area contributed by atoms with E-state index in [1.807, 2.05) is 31.2 Å². The molecule has 0 fully saturated rings. The molecule has 2 rings (SSSR count). The molecule has 5 heteroatoms. The number of carbonyl (C=O) groups excluding carboxylic acids is 2. The highest BCUT2D eigenvalue weighted by atomic mass is 16.2. The highest BCUT2D eigenvalue weighted by Crippen LogP contribution is 2.12. The van der Waals surface area contributed by atoms with Gasteiger partial charge >= 0.3 is 0 Å². The Morgan fingerprint density at radius 3 is 2.33 bits per heavy atom. The predicted octanol–water partition coefficient (Wildman–Crippen LogP) is 3.97. The average Bonchev–Trinajstić information content (AvgIpc) is 2.67. The van der Waals surface area contributed by atoms with Crippen LogP contribution in [0.25, 0.3) is 6.08 Å². The molecule has 2 aromatic carbocycles. The van der Waals surface area contributed by atoms with E-state index in [9.17, 15) is 9.59 Å². The van der Waals surface area contributed by atoms with Gasteiger partial charge in [-0.2, -0.15) is 5.26 Å². The standard InChI is InChI=1S/C22H23N3O2/c1-3-14-25(16-20-6-4-19(15-23)5-7-20)22(27)13-10-18-8-11-21(12-9-18)24-17(2)26/h4-13H,3,14,16H2,1-2H3,(H,24,26)/b13-10+. The number of nitrogens with one attached hydrogen (secondary N) is 1. The summed E-state index contributed by atoms with van der Waals surface area (Å²) < 4.78 is 0. The van der Waals surface area contributed by atoms with Crippen LogP contribution in [-0.4, -0.2) is 23.3 Å². The molecule has 0 saturated heterocycles. The van der Waals surface area contributed by atoms with Crippen molar-refractivity contribution in [3.63, 3.8) is 0 Å². The van der Waals surface area contributed by atoms with E-state index in [1.54, 1.807) is 41.3 Å². The molecule has 5 nitrogen and oxygen atoms in total. The number of nitriles is 1. The van der Waals surface area contributed by atoms with E-state index >= 15 is 0 Å². The molecule has 0 aliphatic heterocycles. The van der Waals surface area contributed by atoms with Crippen LogP contribution in [0.4, 0.5) is 5.69 Å². The summed E-state index contributed by atoms with van der Waals surface area (Å²) in [5.41, 5.74) is 3.20. The number of hydrogen-bond acceptors (Lipinski definition) is 3. The number of amides is 2. The Morgan fingerprint density at radius 1 is 1.11 bits per heavy atom. The van der Waals surface area contributed by atoms with E-state index in [0.717, 1.165) is 23.2 Å². The Labute approximate surface area is 159 Å². The fourth-order valence-electron chi connectivity index (χ4n) is 2.60. The van der Waals surface area contributed by atoms with E-state index < -0.39 is 0 Å². The minimum Gasteiger partial charge on any atom is -0.335 e. The monoisotopic (exact) mass is 361 g/mol. The lowest BCUT2D eigenvalue weighted by atomic mass is 10.1. The third-order valence-electron chi connectivity index (χ3n) is 3.91. The number of rotatable bonds is 7. The molecule has 0 atom stereocenters. The second-order valence-electron chi connectivity index (χ2n) is 6.21. The first-order valence-electron chi connectivity index (χ1n) is 8.85. The van der Waals surface area contributed by atoms with Crippen molar-refractivity contribution in [2.75, 3.05) is 11.9 Å². The largest absolute Gasteiger partial charge is 0.335 e. The highest BCUT2D eigenvalue weighted by molar-refractivity contribution is 5.92. The van der Waals surface area contributed by atoms with Gasteiger partial charge < -0.3 is 10.2 Å². The van der Waals surface area contributed by atoms with Gasteiger partial charge in [-0.1, -0.05) is 31.2 Å². The lowest BCUT2D eigenvalue weighted by Crippen LogP contribution is -2.29. The number of carbonyl (C=O) groups is 2. The van der Waals surface area contributed by atoms with Crippen LogP contribution in [0.15, 0.2) is 54.6 Å². The SMILES string of the molecule is CCCN(Cc1ccc(C#N)cc1)C(=O)/C=C/c1ccc(NC(C)=O)cc1. The van der Waals surface area contributed by atoms with Gasteiger partial charge in [-0.25, -0.2) is 0 Å². The predicted molar refractivity (Wildman–Crippen MR) is 107 cm³/mol. The molecule has 27 heavy (non-hydrogen) atoms. The van der Waals surface area contributed by atoms with Crippen LogP contribution < -0.4 is 5.32 Å². The zero-order chi connectivity index (χ0) is 19.6. The maximum absolute atomic E-state index is 12.6. The second kappa shape index (κ2) is 9.93. The summed E-state index contributed by atoms with van der Waals surface area (Å²) in [5.74, 6) is -0.182. The molecular weight excluding hydrogens is 338 g/mol. The van der Waals surface area contributed by atoms with Crippen LogP contribution in [0.3, 0.4) is 0 Å². The molecule has 0 heterocycles. The van der Waals surface area contributed by atoms with Gasteiger partial charge in [-0.05, 0) is 47.9 Å². The number of benzene rings is 2. The Balaban J connectivity index is 2.03. The third kappa shape index (κ3) is 6.44. The molecule has 0 aromatic heterocycles. The fourth-order valence-corrected chi connectivity index (χ4v) is 2.60. The van der Waals surface area contributed by atoms with Crippen molar-refractivity contribution >= 4 is 23.6 Å². The van der Waals surface area contributed by atoms with Gasteiger partial charge in [0.15, 0.2) is 0 Å². The van der Waals surface area contributed by atoms with Gasteiger partial charge in [-0.3, -0.25) is 9.59 Å². The summed E-state index contributed by atoms with van der Waals surface area (Å²) >= 11 is 0. The van der Waals surface area contributed by atoms with Crippen LogP contribution in [0.2, 0.25) is 0 Å². The molecule has 2 amide bonds. The lowest BCUT2D eigenvalue weighted by molar-refractivity contribution is -0.126. The minimum absolute atomic E-state index is 0.0628. The average molecular weight is 361 g/mol. The van der Waals surface area contributed by atoms with Crippen molar-refractivity contribution < 1.29 is 9.59 Å². The maximum Gasteiger partial charge on any atom is 0.246 e. The molecular formula is C22H23N3O2. The maximum atomic E-state index is 12.6. The topological polar surface area (TPSA) is 73.2 Å². The van der Waals surface area contributed by atoms with Crippen LogP contribution in [0.1, 0.15) is 37.0 Å². The highest BCUT2D eigenvalue weighted by Gasteiger charge is 2.10. The van der Waals surface area contributed by atoms with E-state index in [4.69, 9.17) is 5.26 Å². The third-order valence-corrected chi connectivity index (χ3v) is 3.91. The Morgan fingerprint density at radius 2 is 1.78 bits per heavy atom. The van der Waals surface area contributed by atoms with Gasteiger partial charge in [0.25, 0.3) is 0 Å². The summed E-state index contributed by atoms with van der Waals surface area (Å²) in [5, 5.41) is 11.6. The molecule has 0 spiro atoms. The number of nitrogens with zero attached hydrogens (tertiary/aromatic N) is 2. The zero-order valence-electron chi connectivity index (χ0n) is 15.6. The van der Waals surface area contributed by atoms with Gasteiger partial charge in [0.1, 0.15) is 0 Å². The number of anilines is 1. The molecule has 2 aromatic rings. The zero-order valence-corrected chi connectivity index (χ0v) is 15.6. The Bertz CT molecular complexity index is 847. The minimum atomic E-state index is -0.119. The van der Waals surface area contributed by atoms with E-state index in [-0.39, 0.29) is 11.8 Å². The van der Waals surface area contributed by atoms with Crippen LogP contribution >= 0.6 is 0 Å². The first kappa shape index (κ1) is 19.9. The van der Waals surface area contributed by atoms with Gasteiger partial charge in [0.05, 0.1) is 11.6 Å². The molecule has 0 aliphatic rings. The smallest absolute Gasteiger partial charge is 0.246 e. The van der Waals surface area contributed by atoms with Gasteiger partial charge in [0.2, 0.25) is 11.8 Å². The van der Waals surface area contributed by atoms with Crippen LogP contribution in [0.5, 0.6) is 0 Å². The molecule has 0 unspecified atom stereocenters. The molecule has 0 radical (unpaired) electrons. The summed E-state index contributed by atoms with van der Waals surface area (Å²) in [6.07, 6.45) is 4.19. The molecule has 1 N–H and O–H groups in total. The van der Waals surface area contributed by atoms with E-state index in [1.165, 1.54) is 6.92 Å². The van der Waals surface area contributed by atoms with Crippen molar-refractivity contribution in [2.45, 2.75) is 26.8 Å². The quantitative estimate of drug-likeness (QED) is 0.759. The molecule has 0 bridgehead atoms. The fraction of sp³-hybridized carbons (Fsp3) is 0.227. The normalized spacial score (nSPS) is 10.4. The molecule has 138 valence electrons. The van der Waals surface area contributed by atoms with Crippen LogP contribution in [-0.2, 0) is 16.1 Å². The first-order chi connectivity index (χ1) is 13.0. The van der Waals surface area contributed by atoms with Crippen molar-refractivity contribution in [2.24, 2.45) is 0 Å². The summed E-state index contributed by atoms with van der Waals surface area (Å²) in [7, 11) is 0. The van der Waals surface area contributed by atoms with Crippen molar-refractivity contribution in [1.82, 2.24) is 4.90 Å². The molecule has 0 saturated carbocycles. The summed E-state index contributed by atoms with van der Waals surface area (Å²) in [6.45, 7) is 4.65. The van der Waals surface area contributed by atoms with E-state index in [0.29, 0.717) is 18.7 Å². The van der Waals surface area contributed by atoms with Crippen LogP contribution in [0, 0.1) is 11.3 Å². The Kier molecular flexibility index (Phi) is 7.33. The summed E-state index contributed by atoms with van der Waals surface area (Å²) in [4.78, 5) is 25.4. The summed E-state index contributed by atoms with van der Waals surface area (Å²) in [6, 6.07) is 16.7. The molecule has 0 aliphatic carbocycles. The van der Waals surface area contributed by atoms with Gasteiger partial charge in [-0.15, -0.1) is 0 Å². The number of hydrogen-bond donors (Lipinski definition) is 1. The van der Waals surface area contributed by atoms with E-state index in [2.05, 4.69) is 11.4 Å². The van der Waals surface area contributed by atoms with Crippen molar-refractivity contribution in [1.29, 1.82) is 5.26 Å². The Hall–Kier alpha value is -3.39. The second-order valence-corrected chi connectivity index (χ2v) is 6.21. The van der Waals surface area contributed by atoms with Crippen molar-refractivity contribution in [3.8, 4) is 6.07 Å². The lowest BCUT2D eigenvalue weighted by Gasteiger charge is -2.20.